The summed E-state index contributed by atoms with van der Waals surface area (Å²) in [5.41, 5.74) is 0.513. The van der Waals surface area contributed by atoms with Crippen LogP contribution < -0.4 is 0 Å². The summed E-state index contributed by atoms with van der Waals surface area (Å²) in [5, 5.41) is 0. The van der Waals surface area contributed by atoms with Gasteiger partial charge in [0.2, 0.25) is 0 Å². The van der Waals surface area contributed by atoms with Crippen LogP contribution in [0.15, 0.2) is 24.5 Å². The van der Waals surface area contributed by atoms with Crippen LogP contribution in [0, 0.1) is 0 Å². The number of aromatic nitrogens is 1. The summed E-state index contributed by atoms with van der Waals surface area (Å²) in [7, 11) is -1.60. The van der Waals surface area contributed by atoms with Crippen molar-refractivity contribution in [2.24, 2.45) is 0 Å². The van der Waals surface area contributed by atoms with E-state index in [1.54, 1.807) is 18.3 Å². The fourth-order valence-electron chi connectivity index (χ4n) is 0.944. The molecule has 0 aliphatic heterocycles. The Labute approximate surface area is 119 Å². The molecule has 0 aliphatic rings. The van der Waals surface area contributed by atoms with Crippen molar-refractivity contribution in [1.29, 1.82) is 0 Å². The molecule has 0 saturated heterocycles. The minimum Gasteiger partial charge on any atom is -0.462 e. The van der Waals surface area contributed by atoms with E-state index in [0.29, 0.717) is 12.2 Å². The highest BCUT2D eigenvalue weighted by molar-refractivity contribution is 7.81. The maximum absolute atomic E-state index is 11.3. The Bertz CT molecular complexity index is 464. The summed E-state index contributed by atoms with van der Waals surface area (Å²) in [6, 6.07) is 3.41. The maximum atomic E-state index is 11.3. The summed E-state index contributed by atoms with van der Waals surface area (Å²) < 4.78 is 32.5. The van der Waals surface area contributed by atoms with E-state index >= 15 is 0 Å². The quantitative estimate of drug-likeness (QED) is 0.581. The Hall–Kier alpha value is -1.51. The number of hydrogen-bond acceptors (Lipinski definition) is 7. The van der Waals surface area contributed by atoms with Crippen LogP contribution in [-0.4, -0.2) is 40.2 Å². The maximum Gasteiger partial charge on any atom is 0.399 e. The van der Waals surface area contributed by atoms with E-state index in [4.69, 9.17) is 4.74 Å². The predicted molar refractivity (Wildman–Crippen MR) is 72.4 cm³/mol. The normalized spacial score (nSPS) is 10.3. The second kappa shape index (κ2) is 10.3. The first-order valence-electron chi connectivity index (χ1n) is 5.90. The second-order valence-corrected chi connectivity index (χ2v) is 4.96. The SMILES string of the molecule is CCCCOC(=O)c1cccnc1.COS(=O)(=O)OC. The molecule has 0 amide bonds. The molecular weight excluding hydrogens is 286 g/mol. The standard InChI is InChI=1S/C10H13NO2.C2H6O4S/c1-2-3-7-13-10(12)9-5-4-6-11-8-9;1-5-7(3,4)6-2/h4-6,8H,2-3,7H2,1H3;1-2H3. The van der Waals surface area contributed by atoms with E-state index in [-0.39, 0.29) is 5.97 Å². The van der Waals surface area contributed by atoms with Crippen LogP contribution in [0.4, 0.5) is 0 Å². The average Bonchev–Trinajstić information content (AvgIpc) is 2.49. The number of ether oxygens (including phenoxy) is 1. The Kier molecular flexibility index (Phi) is 9.52. The molecule has 0 aliphatic carbocycles. The first kappa shape index (κ1) is 18.5. The molecule has 0 atom stereocenters. The highest BCUT2D eigenvalue weighted by atomic mass is 32.3. The number of carbonyl (C=O) groups is 1. The summed E-state index contributed by atoms with van der Waals surface area (Å²) >= 11 is 0. The predicted octanol–water partition coefficient (Wildman–Crippen LogP) is 1.56. The molecule has 1 heterocycles. The van der Waals surface area contributed by atoms with Crippen LogP contribution >= 0.6 is 0 Å². The molecule has 1 aromatic rings. The lowest BCUT2D eigenvalue weighted by molar-refractivity contribution is 0.0499. The van der Waals surface area contributed by atoms with Gasteiger partial charge in [-0.05, 0) is 18.6 Å². The van der Waals surface area contributed by atoms with Crippen molar-refractivity contribution in [3.63, 3.8) is 0 Å². The van der Waals surface area contributed by atoms with Crippen LogP contribution in [0.2, 0.25) is 0 Å². The summed E-state index contributed by atoms with van der Waals surface area (Å²) in [4.78, 5) is 15.1. The van der Waals surface area contributed by atoms with Gasteiger partial charge in [0.1, 0.15) is 0 Å². The van der Waals surface area contributed by atoms with Gasteiger partial charge in [-0.15, -0.1) is 0 Å². The minimum absolute atomic E-state index is 0.290. The fourth-order valence-corrected chi connectivity index (χ4v) is 1.08. The van der Waals surface area contributed by atoms with Crippen LogP contribution in [0.25, 0.3) is 0 Å². The Morgan fingerprint density at radius 2 is 1.95 bits per heavy atom. The number of rotatable bonds is 6. The minimum atomic E-state index is -3.66. The zero-order chi connectivity index (χ0) is 15.4. The third-order valence-electron chi connectivity index (χ3n) is 2.04. The number of hydrogen-bond donors (Lipinski definition) is 0. The molecular formula is C12H19NO6S. The zero-order valence-electron chi connectivity index (χ0n) is 11.7. The molecule has 114 valence electrons. The number of esters is 1. The van der Waals surface area contributed by atoms with E-state index in [1.165, 1.54) is 6.20 Å². The third kappa shape index (κ3) is 8.57. The number of unbranched alkanes of at least 4 members (excludes halogenated alkanes) is 1. The van der Waals surface area contributed by atoms with Crippen LogP contribution in [0.3, 0.4) is 0 Å². The number of carbonyl (C=O) groups excluding carboxylic acids is 1. The third-order valence-corrected chi connectivity index (χ3v) is 2.85. The molecule has 1 aromatic heterocycles. The van der Waals surface area contributed by atoms with Crippen LogP contribution in [-0.2, 0) is 23.5 Å². The summed E-state index contributed by atoms with van der Waals surface area (Å²) in [5.74, 6) is -0.290. The first-order chi connectivity index (χ1) is 9.46. The molecule has 1 rings (SSSR count). The van der Waals surface area contributed by atoms with Gasteiger partial charge >= 0.3 is 16.4 Å². The van der Waals surface area contributed by atoms with Crippen molar-refractivity contribution in [3.05, 3.63) is 30.1 Å². The lowest BCUT2D eigenvalue weighted by atomic mass is 10.3. The highest BCUT2D eigenvalue weighted by Gasteiger charge is 2.04. The molecule has 0 saturated carbocycles. The van der Waals surface area contributed by atoms with E-state index in [9.17, 15) is 13.2 Å². The molecule has 0 N–H and O–H groups in total. The van der Waals surface area contributed by atoms with Gasteiger partial charge in [0.15, 0.2) is 0 Å². The monoisotopic (exact) mass is 305 g/mol. The molecule has 8 heteroatoms. The van der Waals surface area contributed by atoms with Crippen molar-refractivity contribution >= 4 is 16.4 Å². The number of pyridine rings is 1. The molecule has 20 heavy (non-hydrogen) atoms. The van der Waals surface area contributed by atoms with Gasteiger partial charge in [0.05, 0.1) is 26.4 Å². The highest BCUT2D eigenvalue weighted by Crippen LogP contribution is 1.99. The second-order valence-electron chi connectivity index (χ2n) is 3.47. The first-order valence-corrected chi connectivity index (χ1v) is 7.23. The van der Waals surface area contributed by atoms with Crippen LogP contribution in [0.1, 0.15) is 30.1 Å². The lowest BCUT2D eigenvalue weighted by Gasteiger charge is -2.02. The van der Waals surface area contributed by atoms with Gasteiger partial charge in [-0.3, -0.25) is 13.4 Å². The molecule has 0 aromatic carbocycles. The van der Waals surface area contributed by atoms with E-state index in [2.05, 4.69) is 20.3 Å². The van der Waals surface area contributed by atoms with Gasteiger partial charge in [-0.25, -0.2) is 4.79 Å². The smallest absolute Gasteiger partial charge is 0.399 e. The number of nitrogens with zero attached hydrogens (tertiary/aromatic N) is 1. The van der Waals surface area contributed by atoms with Crippen molar-refractivity contribution < 1.29 is 26.3 Å². The molecule has 0 unspecified atom stereocenters. The van der Waals surface area contributed by atoms with E-state index in [1.807, 2.05) is 0 Å². The topological polar surface area (TPSA) is 91.8 Å². The molecule has 0 spiro atoms. The molecule has 7 nitrogen and oxygen atoms in total. The van der Waals surface area contributed by atoms with Gasteiger partial charge in [-0.2, -0.15) is 8.42 Å². The molecule has 0 fully saturated rings. The van der Waals surface area contributed by atoms with Gasteiger partial charge < -0.3 is 4.74 Å². The van der Waals surface area contributed by atoms with Gasteiger partial charge in [0.25, 0.3) is 0 Å². The Balaban J connectivity index is 0.000000441. The fraction of sp³-hybridized carbons (Fsp3) is 0.500. The Morgan fingerprint density at radius 1 is 1.30 bits per heavy atom. The lowest BCUT2D eigenvalue weighted by Crippen LogP contribution is -2.06. The summed E-state index contributed by atoms with van der Waals surface area (Å²) in [6.45, 7) is 2.54. The van der Waals surface area contributed by atoms with Gasteiger partial charge in [-0.1, -0.05) is 13.3 Å². The average molecular weight is 305 g/mol. The molecule has 0 bridgehead atoms. The van der Waals surface area contributed by atoms with Crippen LogP contribution in [0.5, 0.6) is 0 Å². The molecule has 0 radical (unpaired) electrons. The largest absolute Gasteiger partial charge is 0.462 e. The van der Waals surface area contributed by atoms with Gasteiger partial charge in [0, 0.05) is 12.4 Å². The van der Waals surface area contributed by atoms with Crippen molar-refractivity contribution in [1.82, 2.24) is 4.98 Å². The van der Waals surface area contributed by atoms with Crippen molar-refractivity contribution in [2.45, 2.75) is 19.8 Å². The van der Waals surface area contributed by atoms with Crippen molar-refractivity contribution in [3.8, 4) is 0 Å². The van der Waals surface area contributed by atoms with Crippen molar-refractivity contribution in [2.75, 3.05) is 20.8 Å². The van der Waals surface area contributed by atoms with E-state index in [0.717, 1.165) is 27.1 Å². The Morgan fingerprint density at radius 3 is 2.35 bits per heavy atom. The summed E-state index contributed by atoms with van der Waals surface area (Å²) in [6.07, 6.45) is 5.07. The zero-order valence-corrected chi connectivity index (χ0v) is 12.6. The van der Waals surface area contributed by atoms with E-state index < -0.39 is 10.4 Å².